The van der Waals surface area contributed by atoms with Gasteiger partial charge in [-0.15, -0.1) is 0 Å². The van der Waals surface area contributed by atoms with E-state index in [1.807, 2.05) is 53.4 Å². The Morgan fingerprint density at radius 2 is 1.59 bits per heavy atom. The third kappa shape index (κ3) is 4.77. The predicted octanol–water partition coefficient (Wildman–Crippen LogP) is 5.28. The number of aryl methyl sites for hydroxylation is 1. The molecular weight excluding hydrogens is 442 g/mol. The maximum absolute atomic E-state index is 13.3. The number of likely N-dealkylation sites (tertiary alicyclic amines) is 1. The van der Waals surface area contributed by atoms with Crippen molar-refractivity contribution in [1.82, 2.24) is 14.5 Å². The van der Waals surface area contributed by atoms with Crippen LogP contribution in [-0.4, -0.2) is 33.4 Å². The molecule has 1 aromatic heterocycles. The molecule has 1 aliphatic heterocycles. The molecule has 34 heavy (non-hydrogen) atoms. The quantitative estimate of drug-likeness (QED) is 0.285. The lowest BCUT2D eigenvalue weighted by Crippen LogP contribution is -2.27. The minimum absolute atomic E-state index is 0.0276. The van der Waals surface area contributed by atoms with E-state index in [1.54, 1.807) is 16.3 Å². The van der Waals surface area contributed by atoms with E-state index in [0.29, 0.717) is 28.4 Å². The van der Waals surface area contributed by atoms with Crippen LogP contribution in [0.25, 0.3) is 10.9 Å². The fourth-order valence-electron chi connectivity index (χ4n) is 4.27. The van der Waals surface area contributed by atoms with Crippen LogP contribution in [0.15, 0.2) is 82.7 Å². The summed E-state index contributed by atoms with van der Waals surface area (Å²) in [5.74, 6) is 0.775. The number of fused-ring (bicyclic) bond motifs is 1. The molecule has 172 valence electrons. The fraction of sp³-hybridized carbons (Fsp3) is 0.250. The average molecular weight is 470 g/mol. The van der Waals surface area contributed by atoms with Crippen molar-refractivity contribution < 1.29 is 4.79 Å². The maximum atomic E-state index is 13.3. The van der Waals surface area contributed by atoms with Crippen molar-refractivity contribution in [3.05, 3.63) is 105 Å². The molecule has 6 heteroatoms. The number of carbonyl (C=O) groups is 1. The number of aromatic nitrogens is 2. The first kappa shape index (κ1) is 22.4. The van der Waals surface area contributed by atoms with Gasteiger partial charge in [0, 0.05) is 24.4 Å². The largest absolute Gasteiger partial charge is 0.339 e. The predicted molar refractivity (Wildman–Crippen MR) is 137 cm³/mol. The second-order valence-electron chi connectivity index (χ2n) is 8.77. The second kappa shape index (κ2) is 9.85. The molecule has 0 bridgehead atoms. The van der Waals surface area contributed by atoms with Gasteiger partial charge in [-0.05, 0) is 55.2 Å². The van der Waals surface area contributed by atoms with Crippen molar-refractivity contribution in [2.75, 3.05) is 13.1 Å². The third-order valence-corrected chi connectivity index (χ3v) is 7.30. The van der Waals surface area contributed by atoms with Crippen LogP contribution in [0.4, 0.5) is 0 Å². The Morgan fingerprint density at radius 3 is 2.32 bits per heavy atom. The van der Waals surface area contributed by atoms with E-state index in [4.69, 9.17) is 4.98 Å². The van der Waals surface area contributed by atoms with Crippen LogP contribution in [-0.2, 0) is 12.3 Å². The van der Waals surface area contributed by atoms with Crippen LogP contribution in [0.1, 0.15) is 39.9 Å². The zero-order valence-corrected chi connectivity index (χ0v) is 20.1. The maximum Gasteiger partial charge on any atom is 0.262 e. The third-order valence-electron chi connectivity index (χ3n) is 6.25. The van der Waals surface area contributed by atoms with Crippen LogP contribution in [0, 0.1) is 6.92 Å². The lowest BCUT2D eigenvalue weighted by Gasteiger charge is -2.15. The molecule has 0 saturated carbocycles. The molecule has 0 spiro atoms. The standard InChI is InChI=1S/C28H27N3O2S/c1-20-8-10-21(11-9-20)18-31-27(33)24-6-2-3-7-25(24)29-28(31)34-19-22-12-14-23(15-13-22)26(32)30-16-4-5-17-30/h2-3,6-15H,4-5,16-19H2,1H3. The molecule has 1 saturated heterocycles. The van der Waals surface area contributed by atoms with E-state index < -0.39 is 0 Å². The van der Waals surface area contributed by atoms with Crippen LogP contribution in [0.2, 0.25) is 0 Å². The number of carbonyl (C=O) groups excluding carboxylic acids is 1. The normalized spacial score (nSPS) is 13.5. The van der Waals surface area contributed by atoms with Crippen LogP contribution in [0.5, 0.6) is 0 Å². The van der Waals surface area contributed by atoms with Gasteiger partial charge in [-0.25, -0.2) is 4.98 Å². The summed E-state index contributed by atoms with van der Waals surface area (Å²) in [5, 5.41) is 1.32. The Bertz CT molecular complexity index is 1370. The SMILES string of the molecule is Cc1ccc(Cn2c(SCc3ccc(C(=O)N4CCCC4)cc3)nc3ccccc3c2=O)cc1. The number of rotatable bonds is 6. The lowest BCUT2D eigenvalue weighted by molar-refractivity contribution is 0.0793. The number of amides is 1. The molecule has 0 atom stereocenters. The van der Waals surface area contributed by atoms with Crippen molar-refractivity contribution >= 4 is 28.6 Å². The molecule has 0 unspecified atom stereocenters. The van der Waals surface area contributed by atoms with Gasteiger partial charge in [-0.3, -0.25) is 14.2 Å². The van der Waals surface area contributed by atoms with E-state index in [0.717, 1.165) is 42.6 Å². The molecule has 0 N–H and O–H groups in total. The van der Waals surface area contributed by atoms with Crippen molar-refractivity contribution in [2.45, 2.75) is 37.2 Å². The molecule has 3 aromatic carbocycles. The summed E-state index contributed by atoms with van der Waals surface area (Å²) in [6, 6.07) is 23.6. The van der Waals surface area contributed by atoms with Gasteiger partial charge in [0.25, 0.3) is 11.5 Å². The molecule has 1 amide bonds. The Balaban J connectivity index is 1.39. The summed E-state index contributed by atoms with van der Waals surface area (Å²) in [4.78, 5) is 32.7. The Hall–Kier alpha value is -3.38. The second-order valence-corrected chi connectivity index (χ2v) is 9.72. The first-order valence-corrected chi connectivity index (χ1v) is 12.6. The van der Waals surface area contributed by atoms with E-state index in [1.165, 1.54) is 5.56 Å². The van der Waals surface area contributed by atoms with Crippen molar-refractivity contribution in [3.8, 4) is 0 Å². The topological polar surface area (TPSA) is 55.2 Å². The van der Waals surface area contributed by atoms with Crippen molar-refractivity contribution in [1.29, 1.82) is 0 Å². The number of para-hydroxylation sites is 1. The van der Waals surface area contributed by atoms with E-state index in [-0.39, 0.29) is 11.5 Å². The summed E-state index contributed by atoms with van der Waals surface area (Å²) < 4.78 is 1.77. The van der Waals surface area contributed by atoms with Gasteiger partial charge in [-0.1, -0.05) is 65.9 Å². The molecule has 5 rings (SSSR count). The molecule has 5 nitrogen and oxygen atoms in total. The molecule has 1 fully saturated rings. The number of hydrogen-bond donors (Lipinski definition) is 0. The highest BCUT2D eigenvalue weighted by Crippen LogP contribution is 2.24. The van der Waals surface area contributed by atoms with Gasteiger partial charge in [0.2, 0.25) is 0 Å². The molecule has 2 heterocycles. The molecule has 0 radical (unpaired) electrons. The Kier molecular flexibility index (Phi) is 6.50. The highest BCUT2D eigenvalue weighted by atomic mass is 32.2. The van der Waals surface area contributed by atoms with Gasteiger partial charge in [-0.2, -0.15) is 0 Å². The summed E-state index contributed by atoms with van der Waals surface area (Å²) in [6.45, 7) is 4.23. The first-order chi connectivity index (χ1) is 16.6. The van der Waals surface area contributed by atoms with Gasteiger partial charge in [0.05, 0.1) is 17.4 Å². The van der Waals surface area contributed by atoms with Crippen LogP contribution >= 0.6 is 11.8 Å². The minimum Gasteiger partial charge on any atom is -0.339 e. The Morgan fingerprint density at radius 1 is 0.912 bits per heavy atom. The van der Waals surface area contributed by atoms with Crippen molar-refractivity contribution in [2.24, 2.45) is 0 Å². The van der Waals surface area contributed by atoms with E-state index >= 15 is 0 Å². The van der Waals surface area contributed by atoms with E-state index in [2.05, 4.69) is 31.2 Å². The zero-order valence-electron chi connectivity index (χ0n) is 19.2. The smallest absolute Gasteiger partial charge is 0.262 e. The zero-order chi connectivity index (χ0) is 23.5. The number of nitrogens with zero attached hydrogens (tertiary/aromatic N) is 3. The summed E-state index contributed by atoms with van der Waals surface area (Å²) in [6.07, 6.45) is 2.17. The van der Waals surface area contributed by atoms with Gasteiger partial charge in [0.1, 0.15) is 0 Å². The minimum atomic E-state index is -0.0276. The molecule has 4 aromatic rings. The van der Waals surface area contributed by atoms with Gasteiger partial charge >= 0.3 is 0 Å². The summed E-state index contributed by atoms with van der Waals surface area (Å²) in [5.41, 5.74) is 4.76. The van der Waals surface area contributed by atoms with Crippen LogP contribution < -0.4 is 5.56 Å². The number of hydrogen-bond acceptors (Lipinski definition) is 4. The van der Waals surface area contributed by atoms with Gasteiger partial charge in [0.15, 0.2) is 5.16 Å². The van der Waals surface area contributed by atoms with Crippen LogP contribution in [0.3, 0.4) is 0 Å². The highest BCUT2D eigenvalue weighted by Gasteiger charge is 2.19. The van der Waals surface area contributed by atoms with E-state index in [9.17, 15) is 9.59 Å². The number of benzene rings is 3. The molecule has 1 aliphatic rings. The molecular formula is C28H27N3O2S. The average Bonchev–Trinajstić information content (AvgIpc) is 3.41. The highest BCUT2D eigenvalue weighted by molar-refractivity contribution is 7.98. The Labute approximate surface area is 203 Å². The number of thioether (sulfide) groups is 1. The fourth-order valence-corrected chi connectivity index (χ4v) is 5.22. The lowest BCUT2D eigenvalue weighted by atomic mass is 10.1. The van der Waals surface area contributed by atoms with Gasteiger partial charge < -0.3 is 4.90 Å². The summed E-state index contributed by atoms with van der Waals surface area (Å²) >= 11 is 1.55. The first-order valence-electron chi connectivity index (χ1n) is 11.6. The van der Waals surface area contributed by atoms with Crippen molar-refractivity contribution in [3.63, 3.8) is 0 Å². The molecule has 0 aliphatic carbocycles. The monoisotopic (exact) mass is 469 g/mol. The summed E-state index contributed by atoms with van der Waals surface area (Å²) in [7, 11) is 0.